The van der Waals surface area contributed by atoms with Crippen LogP contribution in [0.5, 0.6) is 0 Å². The Hall–Kier alpha value is -0.370. The van der Waals surface area contributed by atoms with Crippen LogP contribution < -0.4 is 5.73 Å². The number of halogens is 1. The summed E-state index contributed by atoms with van der Waals surface area (Å²) in [5, 5.41) is 0. The van der Waals surface area contributed by atoms with E-state index in [0.29, 0.717) is 32.5 Å². The molecular formula is C14H28ClN3O3S. The predicted molar refractivity (Wildman–Crippen MR) is 89.5 cm³/mol. The summed E-state index contributed by atoms with van der Waals surface area (Å²) in [5.74, 6) is 0.100. The van der Waals surface area contributed by atoms with E-state index in [4.69, 9.17) is 5.73 Å². The molecule has 0 radical (unpaired) electrons. The molecule has 2 aliphatic rings. The van der Waals surface area contributed by atoms with Crippen LogP contribution in [0, 0.1) is 0 Å². The molecule has 0 bridgehead atoms. The highest BCUT2D eigenvalue weighted by Gasteiger charge is 2.38. The van der Waals surface area contributed by atoms with Crippen LogP contribution in [0.2, 0.25) is 0 Å². The van der Waals surface area contributed by atoms with Crippen molar-refractivity contribution >= 4 is 28.3 Å². The zero-order valence-corrected chi connectivity index (χ0v) is 14.9. The van der Waals surface area contributed by atoms with Crippen LogP contribution in [0.1, 0.15) is 45.4 Å². The van der Waals surface area contributed by atoms with Crippen molar-refractivity contribution < 1.29 is 13.2 Å². The quantitative estimate of drug-likeness (QED) is 0.815. The Balaban J connectivity index is 0.00000242. The lowest BCUT2D eigenvalue weighted by Gasteiger charge is -2.38. The van der Waals surface area contributed by atoms with Crippen LogP contribution in [0.25, 0.3) is 0 Å². The first kappa shape index (κ1) is 19.7. The second-order valence-electron chi connectivity index (χ2n) is 6.10. The van der Waals surface area contributed by atoms with Crippen LogP contribution in [-0.4, -0.2) is 61.0 Å². The molecule has 1 amide bonds. The van der Waals surface area contributed by atoms with E-state index in [9.17, 15) is 13.2 Å². The Labute approximate surface area is 139 Å². The van der Waals surface area contributed by atoms with E-state index in [0.717, 1.165) is 25.7 Å². The fraction of sp³-hybridized carbons (Fsp3) is 0.929. The van der Waals surface area contributed by atoms with E-state index in [1.165, 1.54) is 4.31 Å². The molecule has 0 aromatic carbocycles. The minimum Gasteiger partial charge on any atom is -0.341 e. The Kier molecular flexibility index (Phi) is 7.58. The fourth-order valence-corrected chi connectivity index (χ4v) is 4.93. The summed E-state index contributed by atoms with van der Waals surface area (Å²) >= 11 is 0. The molecule has 1 atom stereocenters. The van der Waals surface area contributed by atoms with Crippen LogP contribution in [0.3, 0.4) is 0 Å². The molecule has 1 unspecified atom stereocenters. The molecule has 0 spiro atoms. The zero-order valence-electron chi connectivity index (χ0n) is 13.2. The van der Waals surface area contributed by atoms with E-state index in [-0.39, 0.29) is 30.1 Å². The van der Waals surface area contributed by atoms with Crippen molar-refractivity contribution in [2.45, 2.75) is 57.5 Å². The molecule has 2 heterocycles. The van der Waals surface area contributed by atoms with Gasteiger partial charge in [-0.3, -0.25) is 4.79 Å². The van der Waals surface area contributed by atoms with Gasteiger partial charge in [-0.25, -0.2) is 8.42 Å². The normalized spacial score (nSPS) is 24.8. The number of rotatable bonds is 4. The maximum Gasteiger partial charge on any atom is 0.241 e. The minimum absolute atomic E-state index is 0. The van der Waals surface area contributed by atoms with Gasteiger partial charge in [0.2, 0.25) is 15.9 Å². The highest BCUT2D eigenvalue weighted by Crippen LogP contribution is 2.24. The van der Waals surface area contributed by atoms with Gasteiger partial charge < -0.3 is 10.6 Å². The molecule has 2 fully saturated rings. The van der Waals surface area contributed by atoms with Crippen molar-refractivity contribution in [3.05, 3.63) is 0 Å². The van der Waals surface area contributed by atoms with E-state index >= 15 is 0 Å². The van der Waals surface area contributed by atoms with Gasteiger partial charge in [-0.2, -0.15) is 4.31 Å². The molecule has 0 aromatic rings. The first-order valence-corrected chi connectivity index (χ1v) is 9.60. The smallest absolute Gasteiger partial charge is 0.241 e. The van der Waals surface area contributed by atoms with Gasteiger partial charge >= 0.3 is 0 Å². The Morgan fingerprint density at radius 1 is 1.14 bits per heavy atom. The number of likely N-dealkylation sites (tertiary alicyclic amines) is 1. The minimum atomic E-state index is -3.32. The summed E-state index contributed by atoms with van der Waals surface area (Å²) in [4.78, 5) is 14.5. The van der Waals surface area contributed by atoms with Gasteiger partial charge in [0.15, 0.2) is 0 Å². The molecule has 2 rings (SSSR count). The second kappa shape index (κ2) is 8.47. The van der Waals surface area contributed by atoms with E-state index in [1.807, 2.05) is 6.92 Å². The molecule has 22 heavy (non-hydrogen) atoms. The molecule has 2 saturated heterocycles. The standard InChI is InChI=1S/C14H27N3O3S.ClH/c1-2-11-21(19,20)17-8-4-3-5-13(17)14(18)16-9-6-12(15)7-10-16;/h12-13H,2-11,15H2,1H3;1H. The van der Waals surface area contributed by atoms with Crippen molar-refractivity contribution in [2.75, 3.05) is 25.4 Å². The summed E-state index contributed by atoms with van der Waals surface area (Å²) in [6, 6.07) is -0.329. The third-order valence-electron chi connectivity index (χ3n) is 4.41. The topological polar surface area (TPSA) is 83.7 Å². The Morgan fingerprint density at radius 3 is 2.36 bits per heavy atom. The van der Waals surface area contributed by atoms with Gasteiger partial charge in [0.25, 0.3) is 0 Å². The largest absolute Gasteiger partial charge is 0.341 e. The number of amides is 1. The number of carbonyl (C=O) groups is 1. The lowest BCUT2D eigenvalue weighted by molar-refractivity contribution is -0.137. The fourth-order valence-electron chi connectivity index (χ4n) is 3.19. The predicted octanol–water partition coefficient (Wildman–Crippen LogP) is 0.952. The number of nitrogens with two attached hydrogens (primary N) is 1. The monoisotopic (exact) mass is 353 g/mol. The van der Waals surface area contributed by atoms with Gasteiger partial charge in [-0.1, -0.05) is 13.3 Å². The van der Waals surface area contributed by atoms with Gasteiger partial charge in [0.1, 0.15) is 6.04 Å². The molecule has 8 heteroatoms. The SMILES string of the molecule is CCCS(=O)(=O)N1CCCCC1C(=O)N1CCC(N)CC1.Cl. The summed E-state index contributed by atoms with van der Waals surface area (Å²) in [6.45, 7) is 3.63. The molecule has 2 aliphatic heterocycles. The molecule has 0 aromatic heterocycles. The number of carbonyl (C=O) groups excluding carboxylic acids is 1. The lowest BCUT2D eigenvalue weighted by Crippen LogP contribution is -2.55. The van der Waals surface area contributed by atoms with Crippen LogP contribution in [0.4, 0.5) is 0 Å². The van der Waals surface area contributed by atoms with Gasteiger partial charge in [0, 0.05) is 25.7 Å². The van der Waals surface area contributed by atoms with Crippen molar-refractivity contribution in [1.29, 1.82) is 0 Å². The Bertz CT molecular complexity index is 464. The first-order chi connectivity index (χ1) is 9.95. The summed E-state index contributed by atoms with van der Waals surface area (Å²) in [5.41, 5.74) is 5.87. The van der Waals surface area contributed by atoms with Crippen LogP contribution in [0.15, 0.2) is 0 Å². The number of sulfonamides is 1. The molecule has 0 aliphatic carbocycles. The van der Waals surface area contributed by atoms with Crippen molar-refractivity contribution in [3.63, 3.8) is 0 Å². The van der Waals surface area contributed by atoms with Crippen LogP contribution >= 0.6 is 12.4 Å². The average Bonchev–Trinajstić information content (AvgIpc) is 2.47. The van der Waals surface area contributed by atoms with Crippen LogP contribution in [-0.2, 0) is 14.8 Å². The highest BCUT2D eigenvalue weighted by atomic mass is 35.5. The number of hydrogen-bond acceptors (Lipinski definition) is 4. The van der Waals surface area contributed by atoms with Gasteiger partial charge in [0.05, 0.1) is 5.75 Å². The second-order valence-corrected chi connectivity index (χ2v) is 8.14. The summed E-state index contributed by atoms with van der Waals surface area (Å²) in [7, 11) is -3.32. The zero-order chi connectivity index (χ0) is 15.5. The van der Waals surface area contributed by atoms with E-state index < -0.39 is 16.1 Å². The number of piperidine rings is 2. The van der Waals surface area contributed by atoms with Gasteiger partial charge in [-0.05, 0) is 32.1 Å². The van der Waals surface area contributed by atoms with Crippen molar-refractivity contribution in [3.8, 4) is 0 Å². The van der Waals surface area contributed by atoms with E-state index in [1.54, 1.807) is 4.90 Å². The first-order valence-electron chi connectivity index (χ1n) is 7.99. The Morgan fingerprint density at radius 2 is 1.77 bits per heavy atom. The summed E-state index contributed by atoms with van der Waals surface area (Å²) < 4.78 is 26.2. The molecule has 0 saturated carbocycles. The van der Waals surface area contributed by atoms with Crippen molar-refractivity contribution in [1.82, 2.24) is 9.21 Å². The maximum absolute atomic E-state index is 12.7. The molecular weight excluding hydrogens is 326 g/mol. The number of hydrogen-bond donors (Lipinski definition) is 1. The molecule has 6 nitrogen and oxygen atoms in total. The number of nitrogens with zero attached hydrogens (tertiary/aromatic N) is 2. The lowest BCUT2D eigenvalue weighted by atomic mass is 10.0. The van der Waals surface area contributed by atoms with Gasteiger partial charge in [-0.15, -0.1) is 12.4 Å². The third-order valence-corrected chi connectivity index (χ3v) is 6.49. The average molecular weight is 354 g/mol. The van der Waals surface area contributed by atoms with Crippen molar-refractivity contribution in [2.24, 2.45) is 5.73 Å². The molecule has 2 N–H and O–H groups in total. The van der Waals surface area contributed by atoms with E-state index in [2.05, 4.69) is 0 Å². The summed E-state index contributed by atoms with van der Waals surface area (Å²) in [6.07, 6.45) is 4.60. The third kappa shape index (κ3) is 4.57. The maximum atomic E-state index is 12.7. The highest BCUT2D eigenvalue weighted by molar-refractivity contribution is 7.89. The molecule has 130 valence electrons.